The molecule has 0 atom stereocenters. The highest BCUT2D eigenvalue weighted by atomic mass is 79.9. The van der Waals surface area contributed by atoms with Gasteiger partial charge in [-0.25, -0.2) is 4.39 Å². The molecule has 0 fully saturated rings. The van der Waals surface area contributed by atoms with E-state index in [1.54, 1.807) is 6.07 Å². The number of rotatable bonds is 3. The first-order valence-electron chi connectivity index (χ1n) is 4.76. The monoisotopic (exact) mass is 290 g/mol. The molecule has 15 heavy (non-hydrogen) atoms. The van der Waals surface area contributed by atoms with Gasteiger partial charge in [-0.2, -0.15) is 0 Å². The third kappa shape index (κ3) is 3.62. The van der Waals surface area contributed by atoms with Gasteiger partial charge in [-0.1, -0.05) is 31.6 Å². The minimum absolute atomic E-state index is 0.249. The average molecular weight is 292 g/mol. The standard InChI is InChI=1S/C12H13BrClF/c1-8(2)10(7-14)5-9-3-4-11(13)12(15)6-9/h3-6,8H,7H2,1-2H3/b10-5+. The maximum Gasteiger partial charge on any atom is 0.137 e. The number of alkyl halides is 1. The lowest BCUT2D eigenvalue weighted by Gasteiger charge is -2.07. The number of allylic oxidation sites excluding steroid dienone is 1. The van der Waals surface area contributed by atoms with Gasteiger partial charge in [-0.15, -0.1) is 11.6 Å². The Morgan fingerprint density at radius 2 is 2.20 bits per heavy atom. The van der Waals surface area contributed by atoms with Crippen LogP contribution in [0.4, 0.5) is 4.39 Å². The molecule has 0 amide bonds. The summed E-state index contributed by atoms with van der Waals surface area (Å²) in [5, 5.41) is 0. The van der Waals surface area contributed by atoms with E-state index in [0.717, 1.165) is 11.1 Å². The molecule has 1 rings (SSSR count). The molecule has 0 radical (unpaired) electrons. The molecule has 0 aromatic heterocycles. The van der Waals surface area contributed by atoms with E-state index in [1.165, 1.54) is 6.07 Å². The molecule has 0 aliphatic carbocycles. The molecule has 0 nitrogen and oxygen atoms in total. The van der Waals surface area contributed by atoms with E-state index in [4.69, 9.17) is 11.6 Å². The molecular formula is C12H13BrClF. The van der Waals surface area contributed by atoms with Crippen molar-refractivity contribution in [1.29, 1.82) is 0 Å². The Morgan fingerprint density at radius 1 is 1.53 bits per heavy atom. The first-order chi connectivity index (χ1) is 7.04. The van der Waals surface area contributed by atoms with E-state index >= 15 is 0 Å². The van der Waals surface area contributed by atoms with Crippen LogP contribution < -0.4 is 0 Å². The van der Waals surface area contributed by atoms with Gasteiger partial charge in [-0.3, -0.25) is 0 Å². The predicted molar refractivity (Wildman–Crippen MR) is 67.6 cm³/mol. The molecule has 0 heterocycles. The Morgan fingerprint density at radius 3 is 2.67 bits per heavy atom. The minimum Gasteiger partial charge on any atom is -0.206 e. The highest BCUT2D eigenvalue weighted by molar-refractivity contribution is 9.10. The number of hydrogen-bond donors (Lipinski definition) is 0. The number of benzene rings is 1. The molecular weight excluding hydrogens is 278 g/mol. The van der Waals surface area contributed by atoms with E-state index in [0.29, 0.717) is 16.3 Å². The molecule has 0 unspecified atom stereocenters. The predicted octanol–water partition coefficient (Wildman–Crippen LogP) is 4.87. The lowest BCUT2D eigenvalue weighted by atomic mass is 10.0. The molecule has 3 heteroatoms. The van der Waals surface area contributed by atoms with Gasteiger partial charge in [-0.05, 0) is 39.5 Å². The van der Waals surface area contributed by atoms with Crippen LogP contribution in [0.1, 0.15) is 19.4 Å². The van der Waals surface area contributed by atoms with Crippen LogP contribution in [0.25, 0.3) is 6.08 Å². The van der Waals surface area contributed by atoms with Crippen molar-refractivity contribution in [3.8, 4) is 0 Å². The summed E-state index contributed by atoms with van der Waals surface area (Å²) in [5.41, 5.74) is 1.96. The third-order valence-corrected chi connectivity index (χ3v) is 3.14. The van der Waals surface area contributed by atoms with Crippen LogP contribution >= 0.6 is 27.5 Å². The van der Waals surface area contributed by atoms with Gasteiger partial charge in [0, 0.05) is 5.88 Å². The van der Waals surface area contributed by atoms with E-state index in [1.807, 2.05) is 12.1 Å². The summed E-state index contributed by atoms with van der Waals surface area (Å²) in [6, 6.07) is 5.06. The fourth-order valence-corrected chi connectivity index (χ4v) is 1.81. The minimum atomic E-state index is -0.249. The second-order valence-electron chi connectivity index (χ2n) is 3.68. The van der Waals surface area contributed by atoms with Crippen LogP contribution in [0, 0.1) is 11.7 Å². The van der Waals surface area contributed by atoms with E-state index in [-0.39, 0.29) is 5.82 Å². The van der Waals surface area contributed by atoms with Crippen LogP contribution in [0.5, 0.6) is 0 Å². The Hall–Kier alpha value is -0.340. The zero-order valence-electron chi connectivity index (χ0n) is 8.73. The third-order valence-electron chi connectivity index (χ3n) is 2.19. The normalized spacial score (nSPS) is 12.3. The van der Waals surface area contributed by atoms with E-state index in [9.17, 15) is 4.39 Å². The van der Waals surface area contributed by atoms with Gasteiger partial charge < -0.3 is 0 Å². The van der Waals surface area contributed by atoms with Gasteiger partial charge in [0.05, 0.1) is 4.47 Å². The summed E-state index contributed by atoms with van der Waals surface area (Å²) in [7, 11) is 0. The lowest BCUT2D eigenvalue weighted by molar-refractivity contribution is 0.621. The Kier molecular flexibility index (Phi) is 4.81. The lowest BCUT2D eigenvalue weighted by Crippen LogP contribution is -1.95. The first kappa shape index (κ1) is 12.7. The summed E-state index contributed by atoms with van der Waals surface area (Å²) in [6.07, 6.45) is 1.94. The van der Waals surface area contributed by atoms with Crippen LogP contribution in [-0.4, -0.2) is 5.88 Å². The molecule has 1 aromatic carbocycles. The summed E-state index contributed by atoms with van der Waals surface area (Å²) >= 11 is 8.93. The summed E-state index contributed by atoms with van der Waals surface area (Å²) in [5.74, 6) is 0.616. The summed E-state index contributed by atoms with van der Waals surface area (Å²) in [4.78, 5) is 0. The van der Waals surface area contributed by atoms with Crippen LogP contribution in [0.15, 0.2) is 28.2 Å². The zero-order chi connectivity index (χ0) is 11.4. The van der Waals surface area contributed by atoms with Crippen molar-refractivity contribution in [2.75, 3.05) is 5.88 Å². The average Bonchev–Trinajstić information content (AvgIpc) is 2.19. The van der Waals surface area contributed by atoms with Gasteiger partial charge in [0.2, 0.25) is 0 Å². The summed E-state index contributed by atoms with van der Waals surface area (Å²) < 4.78 is 13.7. The number of hydrogen-bond acceptors (Lipinski definition) is 0. The van der Waals surface area contributed by atoms with Crippen molar-refractivity contribution in [2.45, 2.75) is 13.8 Å². The maximum atomic E-state index is 13.2. The van der Waals surface area contributed by atoms with Crippen molar-refractivity contribution < 1.29 is 4.39 Å². The molecule has 0 aliphatic rings. The topological polar surface area (TPSA) is 0 Å². The molecule has 0 bridgehead atoms. The molecule has 82 valence electrons. The van der Waals surface area contributed by atoms with Crippen molar-refractivity contribution in [2.24, 2.45) is 5.92 Å². The van der Waals surface area contributed by atoms with Crippen molar-refractivity contribution in [3.05, 3.63) is 39.6 Å². The molecule has 0 spiro atoms. The second-order valence-corrected chi connectivity index (χ2v) is 4.80. The van der Waals surface area contributed by atoms with E-state index < -0.39 is 0 Å². The van der Waals surface area contributed by atoms with Crippen molar-refractivity contribution in [3.63, 3.8) is 0 Å². The molecule has 0 saturated carbocycles. The Labute approximate surface area is 103 Å². The van der Waals surface area contributed by atoms with Gasteiger partial charge >= 0.3 is 0 Å². The Balaban J connectivity index is 3.01. The zero-order valence-corrected chi connectivity index (χ0v) is 11.1. The van der Waals surface area contributed by atoms with Gasteiger partial charge in [0.1, 0.15) is 5.82 Å². The molecule has 0 N–H and O–H groups in total. The van der Waals surface area contributed by atoms with Crippen LogP contribution in [0.2, 0.25) is 0 Å². The Bertz CT molecular complexity index is 372. The quantitative estimate of drug-likeness (QED) is 0.697. The van der Waals surface area contributed by atoms with Crippen LogP contribution in [0.3, 0.4) is 0 Å². The highest BCUT2D eigenvalue weighted by Crippen LogP contribution is 2.20. The molecule has 1 aromatic rings. The largest absolute Gasteiger partial charge is 0.206 e. The second kappa shape index (κ2) is 5.66. The molecule has 0 saturated heterocycles. The van der Waals surface area contributed by atoms with E-state index in [2.05, 4.69) is 29.8 Å². The first-order valence-corrected chi connectivity index (χ1v) is 6.09. The van der Waals surface area contributed by atoms with Gasteiger partial charge in [0.25, 0.3) is 0 Å². The maximum absolute atomic E-state index is 13.2. The van der Waals surface area contributed by atoms with Gasteiger partial charge in [0.15, 0.2) is 0 Å². The highest BCUT2D eigenvalue weighted by Gasteiger charge is 2.03. The van der Waals surface area contributed by atoms with Crippen molar-refractivity contribution >= 4 is 33.6 Å². The summed E-state index contributed by atoms with van der Waals surface area (Å²) in [6.45, 7) is 4.15. The fourth-order valence-electron chi connectivity index (χ4n) is 1.18. The van der Waals surface area contributed by atoms with Crippen LogP contribution in [-0.2, 0) is 0 Å². The SMILES string of the molecule is CC(C)/C(=C/c1ccc(Br)c(F)c1)CCl. The van der Waals surface area contributed by atoms with Crippen molar-refractivity contribution in [1.82, 2.24) is 0 Å². The fraction of sp³-hybridized carbons (Fsp3) is 0.333. The number of halogens is 3. The smallest absolute Gasteiger partial charge is 0.137 e. The molecule has 0 aliphatic heterocycles.